The molecule has 2 rings (SSSR count). The van der Waals surface area contributed by atoms with Crippen molar-refractivity contribution in [3.8, 4) is 17.2 Å². The van der Waals surface area contributed by atoms with Crippen LogP contribution in [0.5, 0.6) is 17.2 Å². The van der Waals surface area contributed by atoms with Crippen LogP contribution in [-0.2, 0) is 11.2 Å². The van der Waals surface area contributed by atoms with Crippen molar-refractivity contribution in [1.29, 1.82) is 0 Å². The molecule has 0 saturated carbocycles. The predicted octanol–water partition coefficient (Wildman–Crippen LogP) is 3.34. The largest absolute Gasteiger partial charge is 0.493 e. The summed E-state index contributed by atoms with van der Waals surface area (Å²) in [5, 5.41) is 2.58. The fourth-order valence-corrected chi connectivity index (χ4v) is 2.35. The van der Waals surface area contributed by atoms with Crippen LogP contribution >= 0.6 is 0 Å². The number of hydrogen-bond donors (Lipinski definition) is 1. The summed E-state index contributed by atoms with van der Waals surface area (Å²) in [5.41, 5.74) is 1.68. The molecule has 0 spiro atoms. The van der Waals surface area contributed by atoms with E-state index in [1.165, 1.54) is 27.4 Å². The SMILES string of the molecule is COc1cc(CC(=O)Nc2cc(C)ccc2F)cc(OC)c1OC. The Hall–Kier alpha value is -2.76. The number of amides is 1. The van der Waals surface area contributed by atoms with E-state index < -0.39 is 5.82 Å². The van der Waals surface area contributed by atoms with E-state index in [0.29, 0.717) is 22.8 Å². The van der Waals surface area contributed by atoms with Gasteiger partial charge in [0.05, 0.1) is 33.4 Å². The molecule has 0 aliphatic heterocycles. The summed E-state index contributed by atoms with van der Waals surface area (Å²) >= 11 is 0. The van der Waals surface area contributed by atoms with Crippen LogP contribution in [0.15, 0.2) is 30.3 Å². The number of carbonyl (C=O) groups excluding carboxylic acids is 1. The van der Waals surface area contributed by atoms with Crippen LogP contribution in [-0.4, -0.2) is 27.2 Å². The average Bonchev–Trinajstić information content (AvgIpc) is 2.57. The van der Waals surface area contributed by atoms with Gasteiger partial charge in [-0.25, -0.2) is 4.39 Å². The van der Waals surface area contributed by atoms with Crippen molar-refractivity contribution >= 4 is 11.6 Å². The summed E-state index contributed by atoms with van der Waals surface area (Å²) in [5.74, 6) is 0.560. The monoisotopic (exact) mass is 333 g/mol. The summed E-state index contributed by atoms with van der Waals surface area (Å²) in [7, 11) is 4.51. The van der Waals surface area contributed by atoms with E-state index >= 15 is 0 Å². The first-order chi connectivity index (χ1) is 11.5. The first-order valence-electron chi connectivity index (χ1n) is 7.33. The molecule has 0 radical (unpaired) electrons. The number of aryl methyl sites for hydroxylation is 1. The molecular formula is C18H20FNO4. The molecule has 0 saturated heterocycles. The zero-order valence-corrected chi connectivity index (χ0v) is 14.1. The van der Waals surface area contributed by atoms with Crippen LogP contribution < -0.4 is 19.5 Å². The van der Waals surface area contributed by atoms with Gasteiger partial charge >= 0.3 is 0 Å². The molecule has 128 valence electrons. The number of benzene rings is 2. The highest BCUT2D eigenvalue weighted by Crippen LogP contribution is 2.38. The highest BCUT2D eigenvalue weighted by atomic mass is 19.1. The van der Waals surface area contributed by atoms with Crippen molar-refractivity contribution in [2.45, 2.75) is 13.3 Å². The van der Waals surface area contributed by atoms with Gasteiger partial charge in [0, 0.05) is 0 Å². The molecule has 0 aliphatic carbocycles. The minimum absolute atomic E-state index is 0.0457. The summed E-state index contributed by atoms with van der Waals surface area (Å²) < 4.78 is 29.5. The van der Waals surface area contributed by atoms with Crippen LogP contribution in [0, 0.1) is 12.7 Å². The van der Waals surface area contributed by atoms with Crippen molar-refractivity contribution in [2.75, 3.05) is 26.6 Å². The molecule has 24 heavy (non-hydrogen) atoms. The normalized spacial score (nSPS) is 10.2. The van der Waals surface area contributed by atoms with E-state index in [9.17, 15) is 9.18 Å². The molecule has 0 bridgehead atoms. The number of hydrogen-bond acceptors (Lipinski definition) is 4. The number of methoxy groups -OCH3 is 3. The second-order valence-corrected chi connectivity index (χ2v) is 5.24. The van der Waals surface area contributed by atoms with E-state index in [0.717, 1.165) is 5.56 Å². The Morgan fingerprint density at radius 3 is 2.21 bits per heavy atom. The fourth-order valence-electron chi connectivity index (χ4n) is 2.35. The Kier molecular flexibility index (Phi) is 5.63. The van der Waals surface area contributed by atoms with E-state index in [-0.39, 0.29) is 18.0 Å². The third kappa shape index (κ3) is 3.95. The highest BCUT2D eigenvalue weighted by molar-refractivity contribution is 5.92. The predicted molar refractivity (Wildman–Crippen MR) is 89.6 cm³/mol. The number of carbonyl (C=O) groups is 1. The Bertz CT molecular complexity index is 721. The van der Waals surface area contributed by atoms with Gasteiger partial charge in [-0.3, -0.25) is 4.79 Å². The van der Waals surface area contributed by atoms with Crippen molar-refractivity contribution in [2.24, 2.45) is 0 Å². The first-order valence-corrected chi connectivity index (χ1v) is 7.33. The Morgan fingerprint density at radius 2 is 1.67 bits per heavy atom. The Morgan fingerprint density at radius 1 is 1.04 bits per heavy atom. The van der Waals surface area contributed by atoms with E-state index in [2.05, 4.69) is 5.32 Å². The van der Waals surface area contributed by atoms with Gasteiger partial charge in [-0.1, -0.05) is 6.07 Å². The zero-order chi connectivity index (χ0) is 17.7. The van der Waals surface area contributed by atoms with Crippen molar-refractivity contribution in [3.63, 3.8) is 0 Å². The average molecular weight is 333 g/mol. The summed E-state index contributed by atoms with van der Waals surface area (Å²) in [6.45, 7) is 1.83. The maximum Gasteiger partial charge on any atom is 0.228 e. The summed E-state index contributed by atoms with van der Waals surface area (Å²) in [6.07, 6.45) is 0.0457. The lowest BCUT2D eigenvalue weighted by Crippen LogP contribution is -2.15. The van der Waals surface area contributed by atoms with Gasteiger partial charge in [0.1, 0.15) is 5.82 Å². The number of ether oxygens (including phenoxy) is 3. The van der Waals surface area contributed by atoms with Crippen molar-refractivity contribution < 1.29 is 23.4 Å². The molecule has 0 atom stereocenters. The lowest BCUT2D eigenvalue weighted by Gasteiger charge is -2.14. The quantitative estimate of drug-likeness (QED) is 0.881. The van der Waals surface area contributed by atoms with E-state index in [4.69, 9.17) is 14.2 Å². The lowest BCUT2D eigenvalue weighted by molar-refractivity contribution is -0.115. The van der Waals surface area contributed by atoms with Gasteiger partial charge in [-0.2, -0.15) is 0 Å². The summed E-state index contributed by atoms with van der Waals surface area (Å²) in [4.78, 5) is 12.2. The standard InChI is InChI=1S/C18H20FNO4/c1-11-5-6-13(19)14(7-11)20-17(21)10-12-8-15(22-2)18(24-4)16(9-12)23-3/h5-9H,10H2,1-4H3,(H,20,21). The molecule has 5 nitrogen and oxygen atoms in total. The molecule has 0 unspecified atom stereocenters. The van der Waals surface area contributed by atoms with Crippen LogP contribution in [0.25, 0.3) is 0 Å². The number of nitrogens with one attached hydrogen (secondary N) is 1. The lowest BCUT2D eigenvalue weighted by atomic mass is 10.1. The smallest absolute Gasteiger partial charge is 0.228 e. The molecule has 2 aromatic rings. The van der Waals surface area contributed by atoms with Crippen LogP contribution in [0.3, 0.4) is 0 Å². The maximum absolute atomic E-state index is 13.7. The second-order valence-electron chi connectivity index (χ2n) is 5.24. The van der Waals surface area contributed by atoms with Gasteiger partial charge in [0.15, 0.2) is 11.5 Å². The topological polar surface area (TPSA) is 56.8 Å². The molecule has 1 N–H and O–H groups in total. The molecule has 0 fully saturated rings. The third-order valence-electron chi connectivity index (χ3n) is 3.49. The van der Waals surface area contributed by atoms with Gasteiger partial charge in [0.2, 0.25) is 11.7 Å². The van der Waals surface area contributed by atoms with Crippen LogP contribution in [0.1, 0.15) is 11.1 Å². The molecule has 6 heteroatoms. The maximum atomic E-state index is 13.7. The minimum atomic E-state index is -0.473. The van der Waals surface area contributed by atoms with Crippen LogP contribution in [0.4, 0.5) is 10.1 Å². The number of halogens is 1. The van der Waals surface area contributed by atoms with E-state index in [1.807, 2.05) is 6.92 Å². The van der Waals surface area contributed by atoms with Crippen molar-refractivity contribution in [1.82, 2.24) is 0 Å². The molecular weight excluding hydrogens is 313 g/mol. The van der Waals surface area contributed by atoms with Gasteiger partial charge in [0.25, 0.3) is 0 Å². The molecule has 0 aromatic heterocycles. The number of anilines is 1. The third-order valence-corrected chi connectivity index (χ3v) is 3.49. The van der Waals surface area contributed by atoms with E-state index in [1.54, 1.807) is 24.3 Å². The summed E-state index contributed by atoms with van der Waals surface area (Å²) in [6, 6.07) is 7.93. The van der Waals surface area contributed by atoms with Gasteiger partial charge in [-0.15, -0.1) is 0 Å². The van der Waals surface area contributed by atoms with Crippen molar-refractivity contribution in [3.05, 3.63) is 47.3 Å². The molecule has 0 heterocycles. The van der Waals surface area contributed by atoms with Crippen LogP contribution in [0.2, 0.25) is 0 Å². The fraction of sp³-hybridized carbons (Fsp3) is 0.278. The minimum Gasteiger partial charge on any atom is -0.493 e. The molecule has 1 amide bonds. The Labute approximate surface area is 140 Å². The molecule has 2 aromatic carbocycles. The highest BCUT2D eigenvalue weighted by Gasteiger charge is 2.15. The molecule has 0 aliphatic rings. The zero-order valence-electron chi connectivity index (χ0n) is 14.1. The first kappa shape index (κ1) is 17.6. The van der Waals surface area contributed by atoms with Gasteiger partial charge < -0.3 is 19.5 Å². The number of rotatable bonds is 6. The van der Waals surface area contributed by atoms with Gasteiger partial charge in [-0.05, 0) is 42.3 Å². The Balaban J connectivity index is 2.21. The second kappa shape index (κ2) is 7.68.